The van der Waals surface area contributed by atoms with E-state index in [-0.39, 0.29) is 0 Å². The van der Waals surface area contributed by atoms with Crippen molar-refractivity contribution in [1.82, 2.24) is 5.32 Å². The van der Waals surface area contributed by atoms with Crippen LogP contribution in [0.15, 0.2) is 29.3 Å². The summed E-state index contributed by atoms with van der Waals surface area (Å²) in [6.45, 7) is 0.697. The zero-order chi connectivity index (χ0) is 9.97. The summed E-state index contributed by atoms with van der Waals surface area (Å²) >= 11 is 11.7. The molecule has 1 aromatic rings. The van der Waals surface area contributed by atoms with Crippen molar-refractivity contribution in [3.05, 3.63) is 39.9 Å². The van der Waals surface area contributed by atoms with Crippen molar-refractivity contribution in [3.8, 4) is 0 Å². The molecular formula is C10H8Cl2N2. The third kappa shape index (κ3) is 1.91. The fraction of sp³-hybridized carbons (Fsp3) is 0.100. The number of benzene rings is 1. The van der Waals surface area contributed by atoms with Gasteiger partial charge in [-0.25, -0.2) is 0 Å². The first-order valence-electron chi connectivity index (χ1n) is 4.18. The molecule has 0 radical (unpaired) electrons. The van der Waals surface area contributed by atoms with Gasteiger partial charge in [0.2, 0.25) is 0 Å². The molecule has 0 fully saturated rings. The molecule has 1 heterocycles. The summed E-state index contributed by atoms with van der Waals surface area (Å²) in [5.74, 6) is 0. The SMILES string of the molecule is Clc1ccc(C2=CCN=CN2)cc1Cl. The number of halogens is 2. The molecule has 0 spiro atoms. The van der Waals surface area contributed by atoms with Gasteiger partial charge in [0.15, 0.2) is 0 Å². The van der Waals surface area contributed by atoms with E-state index < -0.39 is 0 Å². The lowest BCUT2D eigenvalue weighted by Gasteiger charge is -2.10. The third-order valence-corrected chi connectivity index (χ3v) is 2.68. The van der Waals surface area contributed by atoms with E-state index in [0.29, 0.717) is 16.6 Å². The maximum atomic E-state index is 5.91. The van der Waals surface area contributed by atoms with Crippen molar-refractivity contribution in [2.75, 3.05) is 6.54 Å². The van der Waals surface area contributed by atoms with Crippen LogP contribution in [0.4, 0.5) is 0 Å². The number of nitrogens with zero attached hydrogens (tertiary/aromatic N) is 1. The summed E-state index contributed by atoms with van der Waals surface area (Å²) in [5.41, 5.74) is 2.03. The van der Waals surface area contributed by atoms with E-state index in [1.165, 1.54) is 0 Å². The van der Waals surface area contributed by atoms with Gasteiger partial charge in [-0.3, -0.25) is 4.99 Å². The number of nitrogens with one attached hydrogen (secondary N) is 1. The van der Waals surface area contributed by atoms with Crippen LogP contribution in [0.5, 0.6) is 0 Å². The second-order valence-electron chi connectivity index (χ2n) is 2.89. The van der Waals surface area contributed by atoms with Crippen molar-refractivity contribution in [2.45, 2.75) is 0 Å². The van der Waals surface area contributed by atoms with Crippen LogP contribution in [-0.2, 0) is 0 Å². The Balaban J connectivity index is 2.33. The van der Waals surface area contributed by atoms with E-state index in [2.05, 4.69) is 10.3 Å². The maximum Gasteiger partial charge on any atom is 0.0871 e. The zero-order valence-corrected chi connectivity index (χ0v) is 8.81. The Bertz CT molecular complexity index is 411. The Morgan fingerprint density at radius 1 is 1.21 bits per heavy atom. The van der Waals surface area contributed by atoms with E-state index in [1.807, 2.05) is 18.2 Å². The Labute approximate surface area is 92.2 Å². The van der Waals surface area contributed by atoms with Crippen LogP contribution >= 0.6 is 23.2 Å². The highest BCUT2D eigenvalue weighted by molar-refractivity contribution is 6.42. The highest BCUT2D eigenvalue weighted by Gasteiger charge is 2.04. The van der Waals surface area contributed by atoms with Crippen LogP contribution in [0.1, 0.15) is 5.56 Å². The monoisotopic (exact) mass is 226 g/mol. The molecule has 0 saturated heterocycles. The van der Waals surface area contributed by atoms with Crippen molar-refractivity contribution in [2.24, 2.45) is 4.99 Å². The first-order valence-corrected chi connectivity index (χ1v) is 4.93. The minimum atomic E-state index is 0.564. The van der Waals surface area contributed by atoms with Crippen LogP contribution in [0.3, 0.4) is 0 Å². The highest BCUT2D eigenvalue weighted by Crippen LogP contribution is 2.25. The zero-order valence-electron chi connectivity index (χ0n) is 7.30. The molecule has 0 unspecified atom stereocenters. The second kappa shape index (κ2) is 4.03. The van der Waals surface area contributed by atoms with Gasteiger partial charge in [0.1, 0.15) is 0 Å². The summed E-state index contributed by atoms with van der Waals surface area (Å²) in [7, 11) is 0. The summed E-state index contributed by atoms with van der Waals surface area (Å²) < 4.78 is 0. The van der Waals surface area contributed by atoms with Crippen molar-refractivity contribution >= 4 is 35.2 Å². The molecule has 14 heavy (non-hydrogen) atoms. The lowest BCUT2D eigenvalue weighted by molar-refractivity contribution is 1.15. The normalized spacial score (nSPS) is 14.9. The number of hydrogen-bond donors (Lipinski definition) is 1. The minimum Gasteiger partial charge on any atom is -0.346 e. The average Bonchev–Trinajstić information content (AvgIpc) is 2.23. The third-order valence-electron chi connectivity index (χ3n) is 1.94. The standard InChI is InChI=1S/C10H8Cl2N2/c11-8-2-1-7(5-9(8)12)10-3-4-13-6-14-10/h1-3,5-6H,4H2,(H,13,14). The fourth-order valence-electron chi connectivity index (χ4n) is 1.24. The Kier molecular flexibility index (Phi) is 2.75. The molecule has 0 bridgehead atoms. The Morgan fingerprint density at radius 3 is 2.71 bits per heavy atom. The van der Waals surface area contributed by atoms with Gasteiger partial charge >= 0.3 is 0 Å². The van der Waals surface area contributed by atoms with Crippen molar-refractivity contribution in [3.63, 3.8) is 0 Å². The van der Waals surface area contributed by atoms with E-state index in [4.69, 9.17) is 23.2 Å². The summed E-state index contributed by atoms with van der Waals surface area (Å²) in [5, 5.41) is 4.18. The molecule has 2 nitrogen and oxygen atoms in total. The lowest BCUT2D eigenvalue weighted by Crippen LogP contribution is -2.13. The summed E-state index contributed by atoms with van der Waals surface area (Å²) in [4.78, 5) is 4.02. The summed E-state index contributed by atoms with van der Waals surface area (Å²) in [6, 6.07) is 5.54. The molecule has 0 amide bonds. The van der Waals surface area contributed by atoms with Gasteiger partial charge in [-0.15, -0.1) is 0 Å². The molecule has 0 saturated carbocycles. The number of hydrogen-bond acceptors (Lipinski definition) is 2. The predicted molar refractivity (Wildman–Crippen MR) is 60.9 cm³/mol. The second-order valence-corrected chi connectivity index (χ2v) is 3.70. The highest BCUT2D eigenvalue weighted by atomic mass is 35.5. The quantitative estimate of drug-likeness (QED) is 0.783. The first-order chi connectivity index (χ1) is 6.77. The topological polar surface area (TPSA) is 24.4 Å². The smallest absolute Gasteiger partial charge is 0.0871 e. The Hall–Kier alpha value is -0.990. The van der Waals surface area contributed by atoms with Crippen molar-refractivity contribution in [1.29, 1.82) is 0 Å². The largest absolute Gasteiger partial charge is 0.346 e. The van der Waals surface area contributed by atoms with Crippen molar-refractivity contribution < 1.29 is 0 Å². The first kappa shape index (κ1) is 9.56. The van der Waals surface area contributed by atoms with Gasteiger partial charge in [0, 0.05) is 5.70 Å². The van der Waals surface area contributed by atoms with Gasteiger partial charge in [-0.05, 0) is 23.8 Å². The van der Waals surface area contributed by atoms with E-state index in [1.54, 1.807) is 12.4 Å². The molecule has 0 atom stereocenters. The van der Waals surface area contributed by atoms with E-state index >= 15 is 0 Å². The number of rotatable bonds is 1. The molecule has 1 aliphatic heterocycles. The van der Waals surface area contributed by atoms with Crippen LogP contribution in [0.2, 0.25) is 10.0 Å². The molecule has 1 aromatic carbocycles. The summed E-state index contributed by atoms with van der Waals surface area (Å²) in [6.07, 6.45) is 3.68. The molecule has 0 aromatic heterocycles. The van der Waals surface area contributed by atoms with Gasteiger partial charge in [-0.2, -0.15) is 0 Å². The average molecular weight is 227 g/mol. The van der Waals surface area contributed by atoms with Crippen LogP contribution in [-0.4, -0.2) is 12.9 Å². The van der Waals surface area contributed by atoms with Gasteiger partial charge in [-0.1, -0.05) is 29.3 Å². The van der Waals surface area contributed by atoms with Gasteiger partial charge < -0.3 is 5.32 Å². The minimum absolute atomic E-state index is 0.564. The van der Waals surface area contributed by atoms with E-state index in [0.717, 1.165) is 11.3 Å². The molecule has 0 aliphatic carbocycles. The molecule has 4 heteroatoms. The Morgan fingerprint density at radius 2 is 2.07 bits per heavy atom. The maximum absolute atomic E-state index is 5.91. The molecule has 1 aliphatic rings. The molecular weight excluding hydrogens is 219 g/mol. The predicted octanol–water partition coefficient (Wildman–Crippen LogP) is 2.97. The molecule has 72 valence electrons. The van der Waals surface area contributed by atoms with Crippen LogP contribution in [0.25, 0.3) is 5.70 Å². The lowest BCUT2D eigenvalue weighted by atomic mass is 10.1. The van der Waals surface area contributed by atoms with E-state index in [9.17, 15) is 0 Å². The fourth-order valence-corrected chi connectivity index (χ4v) is 1.53. The van der Waals surface area contributed by atoms with Gasteiger partial charge in [0.25, 0.3) is 0 Å². The van der Waals surface area contributed by atoms with Gasteiger partial charge in [0.05, 0.1) is 22.9 Å². The van der Waals surface area contributed by atoms with Crippen LogP contribution < -0.4 is 5.32 Å². The molecule has 1 N–H and O–H groups in total. The van der Waals surface area contributed by atoms with Crippen LogP contribution in [0, 0.1) is 0 Å². The molecule has 2 rings (SSSR count). The number of aliphatic imine (C=N–C) groups is 1.